The molecule has 4 nitrogen and oxygen atoms in total. The van der Waals surface area contributed by atoms with Gasteiger partial charge in [-0.15, -0.1) is 0 Å². The van der Waals surface area contributed by atoms with E-state index in [2.05, 4.69) is 36.4 Å². The smallest absolute Gasteiger partial charge is 0.119 e. The molecule has 32 heavy (non-hydrogen) atoms. The Morgan fingerprint density at radius 2 is 1.12 bits per heavy atom. The number of rotatable bonds is 4. The van der Waals surface area contributed by atoms with E-state index < -0.39 is 0 Å². The summed E-state index contributed by atoms with van der Waals surface area (Å²) in [6, 6.07) is 17.2. The predicted molar refractivity (Wildman–Crippen MR) is 124 cm³/mol. The Bertz CT molecular complexity index is 1220. The summed E-state index contributed by atoms with van der Waals surface area (Å²) >= 11 is 0. The predicted octanol–water partition coefficient (Wildman–Crippen LogP) is 5.76. The number of nitriles is 2. The maximum Gasteiger partial charge on any atom is 0.119 e. The van der Waals surface area contributed by atoms with Gasteiger partial charge in [-0.25, -0.2) is 0 Å². The van der Waals surface area contributed by atoms with Gasteiger partial charge in [0, 0.05) is 0 Å². The quantitative estimate of drug-likeness (QED) is 0.538. The van der Waals surface area contributed by atoms with Gasteiger partial charge < -0.3 is 9.47 Å². The minimum atomic E-state index is 0.551. The molecule has 0 N–H and O–H groups in total. The molecule has 3 aromatic carbocycles. The SMILES string of the molecule is CCOc1ccc2c(c1)CCc1c(C#N)c(C#N)c3c(c1-2)-c1ccc(OCC)cc1CC3. The zero-order valence-electron chi connectivity index (χ0n) is 18.4. The highest BCUT2D eigenvalue weighted by molar-refractivity contribution is 5.95. The lowest BCUT2D eigenvalue weighted by molar-refractivity contribution is 0.339. The lowest BCUT2D eigenvalue weighted by Crippen LogP contribution is -2.16. The monoisotopic (exact) mass is 420 g/mol. The highest BCUT2D eigenvalue weighted by Crippen LogP contribution is 2.49. The van der Waals surface area contributed by atoms with E-state index in [1.165, 1.54) is 11.1 Å². The number of fused-ring (bicyclic) bond motifs is 7. The fraction of sp³-hybridized carbons (Fsp3) is 0.286. The summed E-state index contributed by atoms with van der Waals surface area (Å²) < 4.78 is 11.5. The van der Waals surface area contributed by atoms with E-state index in [0.29, 0.717) is 24.3 Å². The van der Waals surface area contributed by atoms with E-state index in [1.807, 2.05) is 26.0 Å². The minimum absolute atomic E-state index is 0.551. The summed E-state index contributed by atoms with van der Waals surface area (Å²) in [4.78, 5) is 0. The van der Waals surface area contributed by atoms with Gasteiger partial charge in [-0.3, -0.25) is 0 Å². The maximum atomic E-state index is 10.0. The molecule has 0 spiro atoms. The molecule has 0 atom stereocenters. The summed E-state index contributed by atoms with van der Waals surface area (Å²) in [7, 11) is 0. The van der Waals surface area contributed by atoms with Gasteiger partial charge in [0.05, 0.1) is 24.3 Å². The molecule has 0 radical (unpaired) electrons. The van der Waals surface area contributed by atoms with Crippen molar-refractivity contribution in [1.82, 2.24) is 0 Å². The highest BCUT2D eigenvalue weighted by atomic mass is 16.5. The zero-order chi connectivity index (χ0) is 22.2. The van der Waals surface area contributed by atoms with E-state index in [9.17, 15) is 10.5 Å². The second-order valence-corrected chi connectivity index (χ2v) is 8.18. The molecule has 0 amide bonds. The van der Waals surface area contributed by atoms with E-state index in [-0.39, 0.29) is 0 Å². The molecular weight excluding hydrogens is 396 g/mol. The first-order chi connectivity index (χ1) is 15.7. The molecule has 158 valence electrons. The molecular formula is C28H24N2O2. The molecule has 2 aliphatic rings. The standard InChI is InChI=1S/C28H24N2O2/c1-3-31-19-7-11-21-17(13-19)5-9-23-25(15-29)26(16-30)24-10-6-18-14-20(32-4-2)8-12-22(18)28(24)27(21)23/h7-8,11-14H,3-6,9-10H2,1-2H3. The van der Waals surface area contributed by atoms with Crippen LogP contribution in [0.2, 0.25) is 0 Å². The molecule has 3 aromatic rings. The zero-order valence-corrected chi connectivity index (χ0v) is 18.4. The van der Waals surface area contributed by atoms with Crippen LogP contribution in [0.25, 0.3) is 22.3 Å². The van der Waals surface area contributed by atoms with Gasteiger partial charge in [-0.1, -0.05) is 12.1 Å². The molecule has 4 heteroatoms. The van der Waals surface area contributed by atoms with Crippen LogP contribution in [0.4, 0.5) is 0 Å². The molecule has 2 aliphatic carbocycles. The Labute approximate surface area is 188 Å². The third-order valence-electron chi connectivity index (χ3n) is 6.53. The summed E-state index contributed by atoms with van der Waals surface area (Å²) in [5, 5.41) is 20.0. The van der Waals surface area contributed by atoms with E-state index in [1.54, 1.807) is 0 Å². The van der Waals surface area contributed by atoms with Crippen LogP contribution < -0.4 is 9.47 Å². The van der Waals surface area contributed by atoms with Crippen molar-refractivity contribution in [2.75, 3.05) is 13.2 Å². The van der Waals surface area contributed by atoms with Gasteiger partial charge in [0.2, 0.25) is 0 Å². The Morgan fingerprint density at radius 1 is 0.688 bits per heavy atom. The van der Waals surface area contributed by atoms with Crippen LogP contribution in [-0.4, -0.2) is 13.2 Å². The molecule has 0 saturated heterocycles. The molecule has 0 bridgehead atoms. The average molecular weight is 421 g/mol. The molecule has 5 rings (SSSR count). The summed E-state index contributed by atoms with van der Waals surface area (Å²) in [6.07, 6.45) is 3.15. The largest absolute Gasteiger partial charge is 0.494 e. The van der Waals surface area contributed by atoms with E-state index >= 15 is 0 Å². The molecule has 0 saturated carbocycles. The maximum absolute atomic E-state index is 10.0. The van der Waals surface area contributed by atoms with Crippen molar-refractivity contribution in [2.24, 2.45) is 0 Å². The second-order valence-electron chi connectivity index (χ2n) is 8.18. The van der Waals surface area contributed by atoms with Crippen molar-refractivity contribution in [3.05, 3.63) is 69.8 Å². The molecule has 0 fully saturated rings. The number of ether oxygens (including phenoxy) is 2. The Balaban J connectivity index is 1.83. The topological polar surface area (TPSA) is 66.0 Å². The van der Waals surface area contributed by atoms with Crippen molar-refractivity contribution in [3.8, 4) is 45.9 Å². The first-order valence-corrected chi connectivity index (χ1v) is 11.2. The van der Waals surface area contributed by atoms with Crippen molar-refractivity contribution < 1.29 is 9.47 Å². The minimum Gasteiger partial charge on any atom is -0.494 e. The second kappa shape index (κ2) is 8.06. The van der Waals surface area contributed by atoms with Gasteiger partial charge >= 0.3 is 0 Å². The van der Waals surface area contributed by atoms with Crippen LogP contribution >= 0.6 is 0 Å². The summed E-state index contributed by atoms with van der Waals surface area (Å²) in [5.74, 6) is 1.75. The van der Waals surface area contributed by atoms with Gasteiger partial charge in [0.15, 0.2) is 0 Å². The number of hydrogen-bond acceptors (Lipinski definition) is 4. The Kier molecular flexibility index (Phi) is 5.08. The van der Waals surface area contributed by atoms with Crippen LogP contribution in [0.5, 0.6) is 11.5 Å². The van der Waals surface area contributed by atoms with E-state index in [0.717, 1.165) is 70.6 Å². The third kappa shape index (κ3) is 3.03. The fourth-order valence-electron chi connectivity index (χ4n) is 5.27. The first-order valence-electron chi connectivity index (χ1n) is 11.2. The number of nitrogens with zero attached hydrogens (tertiary/aromatic N) is 2. The lowest BCUT2D eigenvalue weighted by atomic mass is 9.72. The molecule has 0 heterocycles. The highest BCUT2D eigenvalue weighted by Gasteiger charge is 2.32. The van der Waals surface area contributed by atoms with Gasteiger partial charge in [-0.2, -0.15) is 10.5 Å². The van der Waals surface area contributed by atoms with Crippen molar-refractivity contribution >= 4 is 0 Å². The lowest BCUT2D eigenvalue weighted by Gasteiger charge is -2.31. The Hall–Kier alpha value is -3.76. The van der Waals surface area contributed by atoms with E-state index in [4.69, 9.17) is 9.47 Å². The Morgan fingerprint density at radius 3 is 1.50 bits per heavy atom. The number of benzene rings is 3. The average Bonchev–Trinajstić information content (AvgIpc) is 2.82. The van der Waals surface area contributed by atoms with Crippen molar-refractivity contribution in [1.29, 1.82) is 10.5 Å². The normalized spacial score (nSPS) is 13.0. The van der Waals surface area contributed by atoms with Crippen LogP contribution in [0, 0.1) is 22.7 Å². The number of aryl methyl sites for hydroxylation is 2. The van der Waals surface area contributed by atoms with Gasteiger partial charge in [-0.05, 0) is 108 Å². The van der Waals surface area contributed by atoms with Crippen molar-refractivity contribution in [3.63, 3.8) is 0 Å². The van der Waals surface area contributed by atoms with Gasteiger partial charge in [0.1, 0.15) is 23.6 Å². The summed E-state index contributed by atoms with van der Waals surface area (Å²) in [5.41, 5.74) is 10.1. The van der Waals surface area contributed by atoms with Crippen molar-refractivity contribution in [2.45, 2.75) is 39.5 Å². The molecule has 0 aromatic heterocycles. The first kappa shape index (κ1) is 20.2. The van der Waals surface area contributed by atoms with Crippen LogP contribution in [-0.2, 0) is 25.7 Å². The molecule has 0 aliphatic heterocycles. The number of hydrogen-bond donors (Lipinski definition) is 0. The summed E-state index contributed by atoms with van der Waals surface area (Å²) in [6.45, 7) is 5.23. The fourth-order valence-corrected chi connectivity index (χ4v) is 5.27. The van der Waals surface area contributed by atoms with Crippen LogP contribution in [0.1, 0.15) is 47.2 Å². The van der Waals surface area contributed by atoms with Gasteiger partial charge in [0.25, 0.3) is 0 Å². The van der Waals surface area contributed by atoms with Crippen LogP contribution in [0.15, 0.2) is 36.4 Å². The van der Waals surface area contributed by atoms with Crippen LogP contribution in [0.3, 0.4) is 0 Å². The molecule has 0 unspecified atom stereocenters. The third-order valence-corrected chi connectivity index (χ3v) is 6.53.